The second-order valence-corrected chi connectivity index (χ2v) is 12.7. The van der Waals surface area contributed by atoms with Crippen molar-refractivity contribution in [2.75, 3.05) is 37.7 Å². The molecule has 5 aliphatic heterocycles. The summed E-state index contributed by atoms with van der Waals surface area (Å²) in [5.74, 6) is -1.20. The third-order valence-electron chi connectivity index (χ3n) is 9.97. The zero-order chi connectivity index (χ0) is 28.6. The van der Waals surface area contributed by atoms with Crippen LogP contribution in [0, 0.1) is 11.6 Å². The van der Waals surface area contributed by atoms with Gasteiger partial charge >= 0.3 is 6.01 Å². The summed E-state index contributed by atoms with van der Waals surface area (Å²) in [6.07, 6.45) is 3.35. The van der Waals surface area contributed by atoms with Gasteiger partial charge in [0.05, 0.1) is 23.9 Å². The van der Waals surface area contributed by atoms with Crippen LogP contribution in [0.4, 0.5) is 19.0 Å². The van der Waals surface area contributed by atoms with E-state index < -0.39 is 23.9 Å². The zero-order valence-electron chi connectivity index (χ0n) is 23.3. The lowest BCUT2D eigenvalue weighted by atomic mass is 9.93. The van der Waals surface area contributed by atoms with Crippen molar-refractivity contribution >= 4 is 16.6 Å². The Kier molecular flexibility index (Phi) is 6.28. The maximum absolute atomic E-state index is 15.1. The number of aromatic hydroxyl groups is 1. The summed E-state index contributed by atoms with van der Waals surface area (Å²) in [6.45, 7) is 3.44. The van der Waals surface area contributed by atoms with E-state index in [1.807, 2.05) is 0 Å². The highest BCUT2D eigenvalue weighted by Crippen LogP contribution is 2.42. The Hall–Kier alpha value is -3.15. The minimum absolute atomic E-state index is 0.0512. The summed E-state index contributed by atoms with van der Waals surface area (Å²) in [5.41, 5.74) is 1.62. The van der Waals surface area contributed by atoms with Crippen LogP contribution in [0.25, 0.3) is 10.8 Å². The van der Waals surface area contributed by atoms with Crippen LogP contribution in [0.1, 0.15) is 55.0 Å². The van der Waals surface area contributed by atoms with Gasteiger partial charge in [0, 0.05) is 55.5 Å². The van der Waals surface area contributed by atoms with Crippen LogP contribution >= 0.6 is 0 Å². The Morgan fingerprint density at radius 1 is 1.12 bits per heavy atom. The SMILES string of the molecule is Oc1cc([C@H]2Cc3nc(OC[C@@]45CCCN4C[C@H](F)C5)nc(N4CC5CCC(C4)N5)c3CO2)c2c(F)c(F)ccc2c1. The maximum Gasteiger partial charge on any atom is 0.318 e. The predicted octanol–water partition coefficient (Wildman–Crippen LogP) is 4.32. The molecule has 5 aliphatic rings. The normalized spacial score (nSPS) is 30.6. The Morgan fingerprint density at radius 2 is 1.95 bits per heavy atom. The van der Waals surface area contributed by atoms with Crippen LogP contribution in [0.5, 0.6) is 11.8 Å². The molecule has 1 aromatic heterocycles. The van der Waals surface area contributed by atoms with Crippen molar-refractivity contribution in [1.82, 2.24) is 20.2 Å². The largest absolute Gasteiger partial charge is 0.508 e. The van der Waals surface area contributed by atoms with Crippen LogP contribution in [0.3, 0.4) is 0 Å². The molecule has 3 aromatic rings. The van der Waals surface area contributed by atoms with Gasteiger partial charge in [-0.3, -0.25) is 4.90 Å². The summed E-state index contributed by atoms with van der Waals surface area (Å²) in [4.78, 5) is 14.2. The topological polar surface area (TPSA) is 83.0 Å². The number of anilines is 1. The first-order valence-electron chi connectivity index (χ1n) is 15.0. The van der Waals surface area contributed by atoms with E-state index in [-0.39, 0.29) is 35.7 Å². The number of nitrogens with zero attached hydrogens (tertiary/aromatic N) is 4. The van der Waals surface area contributed by atoms with Crippen molar-refractivity contribution < 1.29 is 27.8 Å². The molecule has 4 fully saturated rings. The number of piperazine rings is 1. The molecule has 2 N–H and O–H groups in total. The van der Waals surface area contributed by atoms with E-state index in [1.54, 1.807) is 0 Å². The molecule has 8 rings (SSSR count). The fraction of sp³-hybridized carbons (Fsp3) is 0.548. The van der Waals surface area contributed by atoms with Gasteiger partial charge in [-0.15, -0.1) is 0 Å². The molecule has 2 unspecified atom stereocenters. The Morgan fingerprint density at radius 3 is 2.79 bits per heavy atom. The number of ether oxygens (including phenoxy) is 2. The van der Waals surface area contributed by atoms with Crippen molar-refractivity contribution in [2.24, 2.45) is 0 Å². The molecular weight excluding hydrogens is 547 g/mol. The van der Waals surface area contributed by atoms with Gasteiger partial charge in [0.15, 0.2) is 11.6 Å². The number of fused-ring (bicyclic) bond motifs is 5. The van der Waals surface area contributed by atoms with E-state index in [4.69, 9.17) is 19.4 Å². The average Bonchev–Trinajstić information content (AvgIpc) is 3.63. The first-order valence-corrected chi connectivity index (χ1v) is 15.0. The van der Waals surface area contributed by atoms with Crippen molar-refractivity contribution in [3.63, 3.8) is 0 Å². The van der Waals surface area contributed by atoms with Gasteiger partial charge in [0.2, 0.25) is 0 Å². The molecule has 222 valence electrons. The van der Waals surface area contributed by atoms with Crippen molar-refractivity contribution in [1.29, 1.82) is 0 Å². The number of aromatic nitrogens is 2. The number of nitrogens with one attached hydrogen (secondary N) is 1. The molecule has 5 atom stereocenters. The smallest absolute Gasteiger partial charge is 0.318 e. The van der Waals surface area contributed by atoms with Crippen molar-refractivity contribution in [2.45, 2.75) is 75.0 Å². The van der Waals surface area contributed by atoms with Gasteiger partial charge in [-0.2, -0.15) is 9.97 Å². The fourth-order valence-corrected chi connectivity index (χ4v) is 8.04. The monoisotopic (exact) mass is 581 g/mol. The zero-order valence-corrected chi connectivity index (χ0v) is 23.3. The Balaban J connectivity index is 1.16. The molecule has 4 saturated heterocycles. The Labute approximate surface area is 241 Å². The molecule has 42 heavy (non-hydrogen) atoms. The fourth-order valence-electron chi connectivity index (χ4n) is 8.04. The van der Waals surface area contributed by atoms with Gasteiger partial charge < -0.3 is 24.8 Å². The third kappa shape index (κ3) is 4.39. The van der Waals surface area contributed by atoms with Gasteiger partial charge in [0.25, 0.3) is 0 Å². The number of phenolic OH excluding ortho intramolecular Hbond substituents is 1. The molecule has 0 radical (unpaired) electrons. The highest BCUT2D eigenvalue weighted by Gasteiger charge is 2.49. The van der Waals surface area contributed by atoms with Gasteiger partial charge in [0.1, 0.15) is 24.3 Å². The summed E-state index contributed by atoms with van der Waals surface area (Å²) < 4.78 is 56.4. The minimum Gasteiger partial charge on any atom is -0.508 e. The molecule has 0 aliphatic carbocycles. The van der Waals surface area contributed by atoms with E-state index in [0.717, 1.165) is 68.5 Å². The number of phenols is 1. The van der Waals surface area contributed by atoms with Crippen LogP contribution in [0.15, 0.2) is 24.3 Å². The molecule has 0 saturated carbocycles. The van der Waals surface area contributed by atoms with Crippen LogP contribution < -0.4 is 15.0 Å². The quantitative estimate of drug-likeness (QED) is 0.461. The molecule has 2 aromatic carbocycles. The van der Waals surface area contributed by atoms with Crippen molar-refractivity contribution in [3.05, 3.63) is 52.7 Å². The van der Waals surface area contributed by atoms with Crippen LogP contribution in [0.2, 0.25) is 0 Å². The summed E-state index contributed by atoms with van der Waals surface area (Å²) in [6, 6.07) is 6.39. The number of hydrogen-bond donors (Lipinski definition) is 2. The molecule has 11 heteroatoms. The maximum atomic E-state index is 15.1. The highest BCUT2D eigenvalue weighted by atomic mass is 19.2. The second-order valence-electron chi connectivity index (χ2n) is 12.7. The van der Waals surface area contributed by atoms with E-state index in [0.29, 0.717) is 42.6 Å². The van der Waals surface area contributed by atoms with Gasteiger partial charge in [-0.25, -0.2) is 13.2 Å². The summed E-state index contributed by atoms with van der Waals surface area (Å²) in [7, 11) is 0. The number of alkyl halides is 1. The molecule has 2 bridgehead atoms. The van der Waals surface area contributed by atoms with Crippen molar-refractivity contribution in [3.8, 4) is 11.8 Å². The number of halogens is 3. The van der Waals surface area contributed by atoms with Gasteiger partial charge in [-0.1, -0.05) is 6.07 Å². The molecule has 8 nitrogen and oxygen atoms in total. The minimum atomic E-state index is -0.969. The Bertz CT molecular complexity index is 1550. The number of hydrogen-bond acceptors (Lipinski definition) is 8. The first-order chi connectivity index (χ1) is 20.3. The molecule has 0 spiro atoms. The highest BCUT2D eigenvalue weighted by molar-refractivity contribution is 5.88. The molecular formula is C31H34F3N5O3. The summed E-state index contributed by atoms with van der Waals surface area (Å²) in [5, 5.41) is 14.6. The van der Waals surface area contributed by atoms with Crippen LogP contribution in [-0.2, 0) is 17.8 Å². The van der Waals surface area contributed by atoms with E-state index in [9.17, 15) is 13.9 Å². The number of benzene rings is 2. The molecule has 6 heterocycles. The lowest BCUT2D eigenvalue weighted by molar-refractivity contribution is 0.0260. The van der Waals surface area contributed by atoms with E-state index in [2.05, 4.69) is 15.1 Å². The third-order valence-corrected chi connectivity index (χ3v) is 9.97. The second kappa shape index (κ2) is 9.96. The number of rotatable bonds is 5. The van der Waals surface area contributed by atoms with E-state index in [1.165, 1.54) is 18.2 Å². The predicted molar refractivity (Wildman–Crippen MR) is 149 cm³/mol. The standard InChI is InChI=1S/C31H34F3N5O3/c32-18-11-31(6-1-7-39(31)12-18)16-42-30-36-25-10-26(22-9-21(40)8-17-2-5-24(33)28(34)27(17)22)41-15-23(25)29(37-30)38-13-19-3-4-20(14-38)35-19/h2,5,8-9,18-20,26,35,40H,1,3-4,6-7,10-16H2/t18-,19?,20?,26-,31+/m1/s1. The van der Waals surface area contributed by atoms with E-state index >= 15 is 4.39 Å². The summed E-state index contributed by atoms with van der Waals surface area (Å²) >= 11 is 0. The lowest BCUT2D eigenvalue weighted by Gasteiger charge is -2.37. The molecule has 0 amide bonds. The average molecular weight is 582 g/mol. The lowest BCUT2D eigenvalue weighted by Crippen LogP contribution is -2.52. The van der Waals surface area contributed by atoms with Crippen LogP contribution in [-0.4, -0.2) is 76.6 Å². The van der Waals surface area contributed by atoms with Gasteiger partial charge in [-0.05, 0) is 61.4 Å². The first kappa shape index (κ1) is 26.5.